The molecule has 2 heterocycles. The number of halogens is 2. The average Bonchev–Trinajstić information content (AvgIpc) is 3.09. The molecule has 3 aromatic rings. The van der Waals surface area contributed by atoms with Crippen LogP contribution >= 0.6 is 23.4 Å². The number of ether oxygens (including phenoxy) is 2. The van der Waals surface area contributed by atoms with Crippen LogP contribution < -0.4 is 14.8 Å². The van der Waals surface area contributed by atoms with Crippen LogP contribution in [0.15, 0.2) is 59.6 Å². The summed E-state index contributed by atoms with van der Waals surface area (Å²) in [6, 6.07) is 13.1. The number of hydrogen-bond donors (Lipinski definition) is 1. The van der Waals surface area contributed by atoms with Gasteiger partial charge in [-0.3, -0.25) is 19.3 Å². The van der Waals surface area contributed by atoms with Gasteiger partial charge in [0.15, 0.2) is 0 Å². The van der Waals surface area contributed by atoms with Crippen molar-refractivity contribution in [1.82, 2.24) is 14.9 Å². The minimum atomic E-state index is -0.799. The highest BCUT2D eigenvalue weighted by atomic mass is 35.5. The fourth-order valence-electron chi connectivity index (χ4n) is 3.05. The van der Waals surface area contributed by atoms with Gasteiger partial charge in [0.05, 0.1) is 23.9 Å². The molecule has 0 spiro atoms. The summed E-state index contributed by atoms with van der Waals surface area (Å²) in [6.45, 7) is -0.461. The molecule has 1 aliphatic heterocycles. The van der Waals surface area contributed by atoms with Gasteiger partial charge in [-0.1, -0.05) is 24.3 Å². The van der Waals surface area contributed by atoms with Gasteiger partial charge >= 0.3 is 0 Å². The van der Waals surface area contributed by atoms with Crippen molar-refractivity contribution >= 4 is 52.2 Å². The Morgan fingerprint density at radius 1 is 1.23 bits per heavy atom. The topological polar surface area (TPSA) is 111 Å². The molecule has 1 aliphatic rings. The summed E-state index contributed by atoms with van der Waals surface area (Å²) < 4.78 is 24.5. The van der Waals surface area contributed by atoms with Crippen LogP contribution in [0, 0.1) is 5.82 Å². The summed E-state index contributed by atoms with van der Waals surface area (Å²) in [6.07, 6.45) is 2.35. The quantitative estimate of drug-likeness (QED) is 0.355. The number of amides is 3. The molecule has 0 atom stereocenters. The first kappa shape index (κ1) is 24.2. The fourth-order valence-corrected chi connectivity index (χ4v) is 4.02. The van der Waals surface area contributed by atoms with Crippen molar-refractivity contribution in [3.8, 4) is 17.4 Å². The van der Waals surface area contributed by atoms with Gasteiger partial charge in [0, 0.05) is 0 Å². The molecule has 0 saturated carbocycles. The molecule has 1 N–H and O–H groups in total. The van der Waals surface area contributed by atoms with E-state index in [4.69, 9.17) is 21.1 Å². The van der Waals surface area contributed by atoms with E-state index in [0.29, 0.717) is 28.8 Å². The number of benzene rings is 2. The lowest BCUT2D eigenvalue weighted by atomic mass is 10.2. The monoisotopic (exact) mass is 514 g/mol. The lowest BCUT2D eigenvalue weighted by molar-refractivity contribution is -0.127. The second kappa shape index (κ2) is 10.5. The van der Waals surface area contributed by atoms with Crippen molar-refractivity contribution in [2.75, 3.05) is 19.0 Å². The summed E-state index contributed by atoms with van der Waals surface area (Å²) >= 11 is 6.38. The van der Waals surface area contributed by atoms with E-state index in [1.54, 1.807) is 42.5 Å². The van der Waals surface area contributed by atoms with E-state index in [2.05, 4.69) is 15.3 Å². The third kappa shape index (κ3) is 5.76. The number of carbonyl (C=O) groups is 3. The van der Waals surface area contributed by atoms with E-state index in [1.807, 2.05) is 0 Å². The molecular weight excluding hydrogens is 499 g/mol. The number of thioether (sulfide) groups is 1. The zero-order chi connectivity index (χ0) is 24.9. The molecule has 0 bridgehead atoms. The van der Waals surface area contributed by atoms with Gasteiger partial charge in [-0.25, -0.2) is 4.98 Å². The Balaban J connectivity index is 1.46. The summed E-state index contributed by atoms with van der Waals surface area (Å²) in [4.78, 5) is 45.8. The van der Waals surface area contributed by atoms with Crippen molar-refractivity contribution in [2.24, 2.45) is 0 Å². The average molecular weight is 515 g/mol. The molecule has 9 nitrogen and oxygen atoms in total. The third-order valence-corrected chi connectivity index (χ3v) is 5.70. The molecule has 35 heavy (non-hydrogen) atoms. The Kier molecular flexibility index (Phi) is 7.28. The van der Waals surface area contributed by atoms with Crippen LogP contribution in [0.1, 0.15) is 5.56 Å². The van der Waals surface area contributed by atoms with Gasteiger partial charge in [-0.15, -0.1) is 0 Å². The highest BCUT2D eigenvalue weighted by Gasteiger charge is 2.36. The molecule has 1 saturated heterocycles. The van der Waals surface area contributed by atoms with Crippen LogP contribution in [0.25, 0.3) is 6.08 Å². The summed E-state index contributed by atoms with van der Waals surface area (Å²) in [5, 5.41) is 1.87. The molecule has 4 rings (SSSR count). The number of hydrogen-bond acceptors (Lipinski definition) is 8. The number of anilines is 1. The number of carbonyl (C=O) groups excluding carboxylic acids is 3. The number of imide groups is 1. The minimum absolute atomic E-state index is 0.119. The number of aromatic nitrogens is 2. The van der Waals surface area contributed by atoms with Crippen LogP contribution in [0.3, 0.4) is 0 Å². The van der Waals surface area contributed by atoms with Crippen LogP contribution in [-0.2, 0) is 9.59 Å². The summed E-state index contributed by atoms with van der Waals surface area (Å²) in [7, 11) is 1.46. The standard InChI is InChI=1S/C23H16ClFN4O5S/c1-33-17-8-3-2-7-16(17)27-19(30)12-29-21(31)18(35-23(29)32)10-13-5-4-6-14(9-13)34-20-15(25)11-26-22(24)28-20/h2-11H,12H2,1H3,(H,27,30)/b18-10+. The van der Waals surface area contributed by atoms with Crippen LogP contribution in [0.4, 0.5) is 14.9 Å². The van der Waals surface area contributed by atoms with Crippen molar-refractivity contribution in [3.63, 3.8) is 0 Å². The molecule has 1 aromatic heterocycles. The van der Waals surface area contributed by atoms with Gasteiger partial charge in [-0.05, 0) is 59.3 Å². The molecule has 2 aromatic carbocycles. The molecule has 0 radical (unpaired) electrons. The lowest BCUT2D eigenvalue weighted by Crippen LogP contribution is -2.36. The van der Waals surface area contributed by atoms with Gasteiger partial charge in [-0.2, -0.15) is 9.37 Å². The summed E-state index contributed by atoms with van der Waals surface area (Å²) in [5.41, 5.74) is 0.924. The van der Waals surface area contributed by atoms with Crippen LogP contribution in [0.2, 0.25) is 5.28 Å². The van der Waals surface area contributed by atoms with Gasteiger partial charge in [0.2, 0.25) is 17.0 Å². The second-order valence-corrected chi connectivity index (χ2v) is 8.31. The molecule has 3 amide bonds. The molecular formula is C23H16ClFN4O5S. The number of methoxy groups -OCH3 is 1. The number of para-hydroxylation sites is 2. The van der Waals surface area contributed by atoms with E-state index >= 15 is 0 Å². The van der Waals surface area contributed by atoms with E-state index in [-0.39, 0.29) is 21.8 Å². The van der Waals surface area contributed by atoms with Crippen molar-refractivity contribution in [2.45, 2.75) is 0 Å². The highest BCUT2D eigenvalue weighted by molar-refractivity contribution is 8.18. The Morgan fingerprint density at radius 3 is 2.83 bits per heavy atom. The van der Waals surface area contributed by atoms with Crippen molar-refractivity contribution in [3.05, 3.63) is 76.3 Å². The predicted molar refractivity (Wildman–Crippen MR) is 128 cm³/mol. The maximum atomic E-state index is 13.9. The zero-order valence-corrected chi connectivity index (χ0v) is 19.6. The van der Waals surface area contributed by atoms with E-state index in [1.165, 1.54) is 19.3 Å². The van der Waals surface area contributed by atoms with Gasteiger partial charge in [0.1, 0.15) is 18.0 Å². The highest BCUT2D eigenvalue weighted by Crippen LogP contribution is 2.33. The summed E-state index contributed by atoms with van der Waals surface area (Å²) in [5.74, 6) is -1.66. The number of nitrogens with zero attached hydrogens (tertiary/aromatic N) is 3. The normalized spacial score (nSPS) is 14.4. The van der Waals surface area contributed by atoms with E-state index < -0.39 is 29.4 Å². The molecule has 1 fully saturated rings. The van der Waals surface area contributed by atoms with Crippen molar-refractivity contribution < 1.29 is 28.2 Å². The molecule has 0 unspecified atom stereocenters. The lowest BCUT2D eigenvalue weighted by Gasteiger charge is -2.14. The Bertz CT molecular complexity index is 1350. The Hall–Kier alpha value is -3.96. The third-order valence-electron chi connectivity index (χ3n) is 4.61. The number of nitrogens with one attached hydrogen (secondary N) is 1. The largest absolute Gasteiger partial charge is 0.495 e. The predicted octanol–water partition coefficient (Wildman–Crippen LogP) is 4.75. The Morgan fingerprint density at radius 2 is 2.03 bits per heavy atom. The van der Waals surface area contributed by atoms with Crippen LogP contribution in [-0.4, -0.2) is 45.6 Å². The smallest absolute Gasteiger partial charge is 0.294 e. The SMILES string of the molecule is COc1ccccc1NC(=O)CN1C(=O)S/C(=C/c2cccc(Oc3nc(Cl)ncc3F)c2)C1=O. The maximum absolute atomic E-state index is 13.9. The minimum Gasteiger partial charge on any atom is -0.495 e. The first-order valence-corrected chi connectivity index (χ1v) is 11.2. The van der Waals surface area contributed by atoms with Gasteiger partial charge in [0.25, 0.3) is 17.0 Å². The fraction of sp³-hybridized carbons (Fsp3) is 0.0870. The first-order valence-electron chi connectivity index (χ1n) is 9.98. The van der Waals surface area contributed by atoms with Crippen LogP contribution in [0.5, 0.6) is 17.4 Å². The van der Waals surface area contributed by atoms with E-state index in [9.17, 15) is 18.8 Å². The Labute approximate surface area is 207 Å². The zero-order valence-electron chi connectivity index (χ0n) is 18.0. The molecule has 12 heteroatoms. The molecule has 178 valence electrons. The molecule has 0 aliphatic carbocycles. The second-order valence-electron chi connectivity index (χ2n) is 6.98. The maximum Gasteiger partial charge on any atom is 0.294 e. The first-order chi connectivity index (χ1) is 16.8. The van der Waals surface area contributed by atoms with E-state index in [0.717, 1.165) is 11.1 Å². The van der Waals surface area contributed by atoms with Crippen molar-refractivity contribution in [1.29, 1.82) is 0 Å². The number of rotatable bonds is 7. The van der Waals surface area contributed by atoms with Gasteiger partial charge < -0.3 is 14.8 Å².